The van der Waals surface area contributed by atoms with Gasteiger partial charge in [-0.3, -0.25) is 0 Å². The summed E-state index contributed by atoms with van der Waals surface area (Å²) in [4.78, 5) is 0.858. The fourth-order valence-corrected chi connectivity index (χ4v) is 2.61. The first-order valence-corrected chi connectivity index (χ1v) is 7.12. The fourth-order valence-electron chi connectivity index (χ4n) is 1.85. The highest BCUT2D eigenvalue weighted by Gasteiger charge is 2.08. The van der Waals surface area contributed by atoms with Crippen LogP contribution < -0.4 is 0 Å². The van der Waals surface area contributed by atoms with Crippen LogP contribution in [0.4, 0.5) is 0 Å². The van der Waals surface area contributed by atoms with Crippen molar-refractivity contribution in [1.82, 2.24) is 19.8 Å². The summed E-state index contributed by atoms with van der Waals surface area (Å²) in [5.74, 6) is 0.938. The predicted octanol–water partition coefficient (Wildman–Crippen LogP) is 3.31. The molecule has 0 N–H and O–H groups in total. The highest BCUT2D eigenvalue weighted by Crippen LogP contribution is 2.17. The summed E-state index contributed by atoms with van der Waals surface area (Å²) in [6, 6.07) is 10.2. The molecule has 2 aromatic heterocycles. The lowest BCUT2D eigenvalue weighted by Gasteiger charge is -1.91. The van der Waals surface area contributed by atoms with Gasteiger partial charge in [0.05, 0.1) is 0 Å². The zero-order chi connectivity index (χ0) is 13.1. The smallest absolute Gasteiger partial charge is 0.187 e. The van der Waals surface area contributed by atoms with Crippen molar-refractivity contribution in [3.8, 4) is 0 Å². The van der Waals surface area contributed by atoms with Crippen LogP contribution in [-0.2, 0) is 6.42 Å². The number of rotatable bonds is 4. The molecule has 0 unspecified atom stereocenters. The molecule has 0 radical (unpaired) electrons. The molecule has 0 atom stereocenters. The van der Waals surface area contributed by atoms with Crippen LogP contribution >= 0.6 is 11.3 Å². The predicted molar refractivity (Wildman–Crippen MR) is 78.0 cm³/mol. The first-order valence-electron chi connectivity index (χ1n) is 6.31. The molecular formula is C14H14N4S. The standard InChI is InChI=1S/C14H14N4S/c1-2-6-12-15-16-14-18(12)17-13(19-14)10-9-11-7-4-3-5-8-11/h3-5,7-10H,2,6H2,1H3. The van der Waals surface area contributed by atoms with Gasteiger partial charge in [0.25, 0.3) is 0 Å². The maximum Gasteiger partial charge on any atom is 0.234 e. The lowest BCUT2D eigenvalue weighted by Crippen LogP contribution is -1.94. The number of hydrogen-bond acceptors (Lipinski definition) is 4. The van der Waals surface area contributed by atoms with E-state index in [2.05, 4.69) is 40.4 Å². The Morgan fingerprint density at radius 3 is 2.79 bits per heavy atom. The minimum absolute atomic E-state index is 0.858. The summed E-state index contributed by atoms with van der Waals surface area (Å²) < 4.78 is 1.85. The third kappa shape index (κ3) is 2.56. The Kier molecular flexibility index (Phi) is 3.37. The van der Waals surface area contributed by atoms with Crippen LogP contribution in [0.15, 0.2) is 30.3 Å². The van der Waals surface area contributed by atoms with Crippen molar-refractivity contribution >= 4 is 28.4 Å². The molecule has 3 rings (SSSR count). The van der Waals surface area contributed by atoms with Crippen LogP contribution in [0.3, 0.4) is 0 Å². The SMILES string of the molecule is CCCc1nnc2sc(C=Cc3ccccc3)nn12. The minimum atomic E-state index is 0.858. The molecule has 96 valence electrons. The van der Waals surface area contributed by atoms with E-state index in [4.69, 9.17) is 0 Å². The molecule has 19 heavy (non-hydrogen) atoms. The Labute approximate surface area is 115 Å². The lowest BCUT2D eigenvalue weighted by molar-refractivity contribution is 0.775. The molecule has 0 aliphatic rings. The summed E-state index contributed by atoms with van der Waals surface area (Å²) in [6.07, 6.45) is 6.04. The number of nitrogens with zero attached hydrogens (tertiary/aromatic N) is 4. The molecule has 4 nitrogen and oxygen atoms in total. The largest absolute Gasteiger partial charge is 0.234 e. The van der Waals surface area contributed by atoms with E-state index in [0.29, 0.717) is 0 Å². The monoisotopic (exact) mass is 270 g/mol. The van der Waals surface area contributed by atoms with Crippen LogP contribution in [-0.4, -0.2) is 19.8 Å². The van der Waals surface area contributed by atoms with Crippen LogP contribution in [0.25, 0.3) is 17.1 Å². The van der Waals surface area contributed by atoms with Crippen LogP contribution in [0.5, 0.6) is 0 Å². The molecule has 0 spiro atoms. The number of fused-ring (bicyclic) bond motifs is 1. The van der Waals surface area contributed by atoms with E-state index in [1.54, 1.807) is 11.3 Å². The Morgan fingerprint density at radius 2 is 2.00 bits per heavy atom. The van der Waals surface area contributed by atoms with Crippen molar-refractivity contribution < 1.29 is 0 Å². The van der Waals surface area contributed by atoms with Gasteiger partial charge in [-0.2, -0.15) is 9.61 Å². The van der Waals surface area contributed by atoms with Gasteiger partial charge in [-0.25, -0.2) is 0 Å². The van der Waals surface area contributed by atoms with E-state index >= 15 is 0 Å². The molecule has 0 amide bonds. The maximum atomic E-state index is 4.53. The van der Waals surface area contributed by atoms with Crippen molar-refractivity contribution in [1.29, 1.82) is 0 Å². The van der Waals surface area contributed by atoms with Gasteiger partial charge in [-0.15, -0.1) is 10.2 Å². The highest BCUT2D eigenvalue weighted by molar-refractivity contribution is 7.17. The second-order valence-corrected chi connectivity index (χ2v) is 5.23. The van der Waals surface area contributed by atoms with Crippen molar-refractivity contribution in [2.75, 3.05) is 0 Å². The fraction of sp³-hybridized carbons (Fsp3) is 0.214. The zero-order valence-corrected chi connectivity index (χ0v) is 11.5. The normalized spacial score (nSPS) is 11.6. The summed E-state index contributed by atoms with van der Waals surface area (Å²) in [5.41, 5.74) is 1.17. The quantitative estimate of drug-likeness (QED) is 0.730. The van der Waals surface area contributed by atoms with Gasteiger partial charge >= 0.3 is 0 Å². The van der Waals surface area contributed by atoms with E-state index in [0.717, 1.165) is 28.6 Å². The van der Waals surface area contributed by atoms with Crippen molar-refractivity contribution in [2.45, 2.75) is 19.8 Å². The molecule has 5 heteroatoms. The van der Waals surface area contributed by atoms with Crippen LogP contribution in [0.2, 0.25) is 0 Å². The first kappa shape index (κ1) is 12.0. The molecule has 1 aromatic carbocycles. The summed E-state index contributed by atoms with van der Waals surface area (Å²) >= 11 is 1.55. The van der Waals surface area contributed by atoms with E-state index in [1.165, 1.54) is 5.56 Å². The second-order valence-electron chi connectivity index (χ2n) is 4.24. The molecule has 0 aliphatic heterocycles. The van der Waals surface area contributed by atoms with E-state index < -0.39 is 0 Å². The molecule has 0 aliphatic carbocycles. The summed E-state index contributed by atoms with van der Waals surface area (Å²) in [6.45, 7) is 2.13. The Hall–Kier alpha value is -2.01. The summed E-state index contributed by atoms with van der Waals surface area (Å²) in [7, 11) is 0. The van der Waals surface area contributed by atoms with Crippen molar-refractivity contribution in [3.05, 3.63) is 46.7 Å². The highest BCUT2D eigenvalue weighted by atomic mass is 32.1. The molecule has 2 heterocycles. The van der Waals surface area contributed by atoms with Crippen molar-refractivity contribution in [3.63, 3.8) is 0 Å². The van der Waals surface area contributed by atoms with E-state index in [9.17, 15) is 0 Å². The van der Waals surface area contributed by atoms with Crippen LogP contribution in [0.1, 0.15) is 29.7 Å². The molecule has 0 saturated carbocycles. The third-order valence-electron chi connectivity index (χ3n) is 2.76. The number of aryl methyl sites for hydroxylation is 1. The van der Waals surface area contributed by atoms with Gasteiger partial charge < -0.3 is 0 Å². The van der Waals surface area contributed by atoms with Gasteiger partial charge in [-0.1, -0.05) is 54.7 Å². The van der Waals surface area contributed by atoms with Crippen LogP contribution in [0, 0.1) is 0 Å². The first-order chi connectivity index (χ1) is 9.36. The number of benzene rings is 1. The average molecular weight is 270 g/mol. The van der Waals surface area contributed by atoms with Gasteiger partial charge in [0.15, 0.2) is 5.82 Å². The number of aromatic nitrogens is 4. The number of hydrogen-bond donors (Lipinski definition) is 0. The molecule has 0 fully saturated rings. The molecule has 0 saturated heterocycles. The third-order valence-corrected chi connectivity index (χ3v) is 3.63. The summed E-state index contributed by atoms with van der Waals surface area (Å²) in [5, 5.41) is 13.8. The van der Waals surface area contributed by atoms with E-state index in [1.807, 2.05) is 28.8 Å². The van der Waals surface area contributed by atoms with Gasteiger partial charge in [0.2, 0.25) is 4.96 Å². The Balaban J connectivity index is 1.87. The molecule has 3 aromatic rings. The topological polar surface area (TPSA) is 43.1 Å². The van der Waals surface area contributed by atoms with Gasteiger partial charge in [-0.05, 0) is 18.1 Å². The molecular weight excluding hydrogens is 256 g/mol. The zero-order valence-electron chi connectivity index (χ0n) is 10.7. The molecule has 0 bridgehead atoms. The Morgan fingerprint density at radius 1 is 1.16 bits per heavy atom. The second kappa shape index (κ2) is 5.32. The lowest BCUT2D eigenvalue weighted by atomic mass is 10.2. The van der Waals surface area contributed by atoms with Gasteiger partial charge in [0.1, 0.15) is 5.01 Å². The van der Waals surface area contributed by atoms with Gasteiger partial charge in [0, 0.05) is 6.42 Å². The van der Waals surface area contributed by atoms with Crippen molar-refractivity contribution in [2.24, 2.45) is 0 Å². The Bertz CT molecular complexity index is 697. The maximum absolute atomic E-state index is 4.53. The average Bonchev–Trinajstić information content (AvgIpc) is 3.00. The van der Waals surface area contributed by atoms with E-state index in [-0.39, 0.29) is 0 Å². The minimum Gasteiger partial charge on any atom is -0.187 e.